The van der Waals surface area contributed by atoms with Gasteiger partial charge in [-0.1, -0.05) is 249 Å². The molecule has 0 aliphatic heterocycles. The van der Waals surface area contributed by atoms with Crippen molar-refractivity contribution in [2.24, 2.45) is 0 Å². The van der Waals surface area contributed by atoms with Gasteiger partial charge < -0.3 is 24.2 Å². The molecule has 0 aliphatic carbocycles. The minimum Gasteiger partial charge on any atom is -0.462 e. The van der Waals surface area contributed by atoms with Crippen LogP contribution in [0.25, 0.3) is 0 Å². The summed E-state index contributed by atoms with van der Waals surface area (Å²) in [6, 6.07) is 0. The Kier molecular flexibility index (Phi) is 56.6. The summed E-state index contributed by atoms with van der Waals surface area (Å²) in [6.07, 6.45) is 63.4. The van der Waals surface area contributed by atoms with E-state index in [1.807, 2.05) is 0 Å². The fourth-order valence-electron chi connectivity index (χ4n) is 8.89. The van der Waals surface area contributed by atoms with Crippen LogP contribution in [0.3, 0.4) is 0 Å². The van der Waals surface area contributed by atoms with Crippen LogP contribution in [0.15, 0.2) is 48.6 Å². The van der Waals surface area contributed by atoms with Crippen molar-refractivity contribution in [1.82, 2.24) is 0 Å². The van der Waals surface area contributed by atoms with Crippen molar-refractivity contribution in [2.45, 2.75) is 315 Å². The van der Waals surface area contributed by atoms with Crippen LogP contribution < -0.4 is 0 Å². The number of esters is 3. The summed E-state index contributed by atoms with van der Waals surface area (Å²) in [5.41, 5.74) is 0. The van der Waals surface area contributed by atoms with E-state index in [9.17, 15) is 28.9 Å². The Labute approximate surface area is 466 Å². The molecule has 0 saturated carbocycles. The molecule has 3 atom stereocenters. The lowest BCUT2D eigenvalue weighted by Gasteiger charge is -2.21. The highest BCUT2D eigenvalue weighted by Gasteiger charge is 2.28. The number of phosphoric acid groups is 1. The van der Waals surface area contributed by atoms with E-state index in [-0.39, 0.29) is 25.9 Å². The van der Waals surface area contributed by atoms with E-state index in [2.05, 4.69) is 69.4 Å². The second kappa shape index (κ2) is 58.6. The van der Waals surface area contributed by atoms with Gasteiger partial charge in [-0.2, -0.15) is 0 Å². The third-order valence-corrected chi connectivity index (χ3v) is 14.7. The van der Waals surface area contributed by atoms with Gasteiger partial charge in [0, 0.05) is 19.3 Å². The molecular formula is C64H117O11P. The van der Waals surface area contributed by atoms with E-state index in [4.69, 9.17) is 23.3 Å². The Morgan fingerprint density at radius 1 is 0.368 bits per heavy atom. The molecule has 0 aromatic carbocycles. The molecule has 444 valence electrons. The number of aliphatic hydroxyl groups excluding tert-OH is 1. The number of aliphatic hydroxyl groups is 1. The highest BCUT2D eigenvalue weighted by Crippen LogP contribution is 2.43. The van der Waals surface area contributed by atoms with Gasteiger partial charge in [-0.3, -0.25) is 23.4 Å². The quantitative estimate of drug-likeness (QED) is 0.0197. The molecule has 11 nitrogen and oxygen atoms in total. The maximum Gasteiger partial charge on any atom is 0.472 e. The number of carbonyl (C=O) groups excluding carboxylic acids is 3. The molecule has 0 saturated heterocycles. The normalized spacial score (nSPS) is 13.6. The SMILES string of the molecule is CCCCC/C=C\C/C=C\C/C=C\CCCCCCCCC(=O)OC(COC(=O)CCCCCCCCCCCCCCCCCCC)COP(=O)(O)OCC(CO)OC(=O)CCCCCCC/C=C\CCCCCC. The lowest BCUT2D eigenvalue weighted by Crippen LogP contribution is -2.30. The highest BCUT2D eigenvalue weighted by molar-refractivity contribution is 7.47. The monoisotopic (exact) mass is 1090 g/mol. The van der Waals surface area contributed by atoms with Gasteiger partial charge in [-0.15, -0.1) is 0 Å². The summed E-state index contributed by atoms with van der Waals surface area (Å²) in [4.78, 5) is 48.7. The molecule has 0 aromatic heterocycles. The van der Waals surface area contributed by atoms with Crippen molar-refractivity contribution in [2.75, 3.05) is 26.4 Å². The fraction of sp³-hybridized carbons (Fsp3) is 0.828. The molecule has 3 unspecified atom stereocenters. The van der Waals surface area contributed by atoms with Crippen LogP contribution in [0.5, 0.6) is 0 Å². The number of hydrogen-bond donors (Lipinski definition) is 2. The van der Waals surface area contributed by atoms with Gasteiger partial charge in [0.1, 0.15) is 12.7 Å². The van der Waals surface area contributed by atoms with Crippen LogP contribution in [-0.4, -0.2) is 66.5 Å². The summed E-state index contributed by atoms with van der Waals surface area (Å²) in [5, 5.41) is 9.83. The first-order chi connectivity index (χ1) is 37.2. The molecule has 0 bridgehead atoms. The highest BCUT2D eigenvalue weighted by atomic mass is 31.2. The molecule has 0 spiro atoms. The van der Waals surface area contributed by atoms with Crippen LogP contribution in [-0.2, 0) is 42.2 Å². The largest absolute Gasteiger partial charge is 0.472 e. The fourth-order valence-corrected chi connectivity index (χ4v) is 9.67. The second-order valence-electron chi connectivity index (χ2n) is 21.2. The van der Waals surface area contributed by atoms with E-state index in [1.54, 1.807) is 0 Å². The van der Waals surface area contributed by atoms with Gasteiger partial charge in [0.05, 0.1) is 19.8 Å². The summed E-state index contributed by atoms with van der Waals surface area (Å²) in [5.74, 6) is -1.47. The third kappa shape index (κ3) is 56.2. The molecule has 0 radical (unpaired) electrons. The van der Waals surface area contributed by atoms with Gasteiger partial charge >= 0.3 is 25.7 Å². The van der Waals surface area contributed by atoms with Crippen LogP contribution in [0.2, 0.25) is 0 Å². The number of carbonyl (C=O) groups is 3. The summed E-state index contributed by atoms with van der Waals surface area (Å²) in [6.45, 7) is 4.63. The average molecular weight is 1090 g/mol. The number of unbranched alkanes of at least 4 members (excludes halogenated alkanes) is 34. The molecular weight excluding hydrogens is 976 g/mol. The minimum atomic E-state index is -4.75. The zero-order valence-corrected chi connectivity index (χ0v) is 50.1. The van der Waals surface area contributed by atoms with Gasteiger partial charge in [-0.25, -0.2) is 4.57 Å². The van der Waals surface area contributed by atoms with Gasteiger partial charge in [0.2, 0.25) is 0 Å². The lowest BCUT2D eigenvalue weighted by atomic mass is 10.0. The Morgan fingerprint density at radius 3 is 1.04 bits per heavy atom. The Bertz CT molecular complexity index is 1460. The summed E-state index contributed by atoms with van der Waals surface area (Å²) in [7, 11) is -4.75. The first-order valence-corrected chi connectivity index (χ1v) is 33.0. The Hall–Kier alpha value is -2.56. The van der Waals surface area contributed by atoms with Crippen molar-refractivity contribution in [3.05, 3.63) is 48.6 Å². The molecule has 76 heavy (non-hydrogen) atoms. The first kappa shape index (κ1) is 73.4. The molecule has 0 aromatic rings. The zero-order valence-electron chi connectivity index (χ0n) is 49.2. The lowest BCUT2D eigenvalue weighted by molar-refractivity contribution is -0.161. The summed E-state index contributed by atoms with van der Waals surface area (Å²) >= 11 is 0. The van der Waals surface area contributed by atoms with Gasteiger partial charge in [-0.05, 0) is 83.5 Å². The molecule has 0 aliphatic rings. The number of allylic oxidation sites excluding steroid dienone is 8. The maximum atomic E-state index is 12.9. The number of hydrogen-bond acceptors (Lipinski definition) is 10. The smallest absolute Gasteiger partial charge is 0.462 e. The molecule has 0 heterocycles. The van der Waals surface area contributed by atoms with E-state index < -0.39 is 57.8 Å². The standard InChI is InChI=1S/C64H117O11P/c1-4-7-10-13-16-19-22-25-27-29-30-32-34-37-40-43-46-49-52-55-64(68)75-61(57-71-62(66)53-50-47-44-41-38-36-33-31-28-26-23-20-17-14-11-8-5-2)59-73-76(69,70)72-58-60(56-65)74-63(67)54-51-48-45-42-39-35-24-21-18-15-12-9-6-3/h16,19,21,24-25,27,30,32,60-61,65H,4-15,17-18,20,22-23,26,28-29,31,33-59H2,1-3H3,(H,69,70)/b19-16-,24-21-,27-25-,32-30-. The number of rotatable bonds is 59. The van der Waals surface area contributed by atoms with Crippen molar-refractivity contribution in [3.8, 4) is 0 Å². The van der Waals surface area contributed by atoms with E-state index in [1.165, 1.54) is 135 Å². The average Bonchev–Trinajstić information content (AvgIpc) is 3.41. The molecule has 12 heteroatoms. The van der Waals surface area contributed by atoms with Crippen LogP contribution in [0.1, 0.15) is 303 Å². The van der Waals surface area contributed by atoms with Crippen molar-refractivity contribution in [1.29, 1.82) is 0 Å². The molecule has 0 rings (SSSR count). The van der Waals surface area contributed by atoms with Gasteiger partial charge in [0.25, 0.3) is 0 Å². The Balaban J connectivity index is 4.72. The van der Waals surface area contributed by atoms with Crippen LogP contribution in [0.4, 0.5) is 0 Å². The predicted molar refractivity (Wildman–Crippen MR) is 316 cm³/mol. The molecule has 0 fully saturated rings. The molecule has 0 amide bonds. The second-order valence-corrected chi connectivity index (χ2v) is 22.7. The van der Waals surface area contributed by atoms with E-state index in [0.29, 0.717) is 19.3 Å². The third-order valence-electron chi connectivity index (χ3n) is 13.7. The number of phosphoric ester groups is 1. The Morgan fingerprint density at radius 2 is 0.645 bits per heavy atom. The van der Waals surface area contributed by atoms with Crippen molar-refractivity contribution >= 4 is 25.7 Å². The van der Waals surface area contributed by atoms with Crippen LogP contribution in [0, 0.1) is 0 Å². The van der Waals surface area contributed by atoms with E-state index >= 15 is 0 Å². The maximum absolute atomic E-state index is 12.9. The van der Waals surface area contributed by atoms with Crippen LogP contribution >= 0.6 is 7.82 Å². The minimum absolute atomic E-state index is 0.155. The first-order valence-electron chi connectivity index (χ1n) is 31.5. The van der Waals surface area contributed by atoms with Crippen molar-refractivity contribution in [3.63, 3.8) is 0 Å². The number of ether oxygens (including phenoxy) is 3. The topological polar surface area (TPSA) is 155 Å². The zero-order chi connectivity index (χ0) is 55.5. The summed E-state index contributed by atoms with van der Waals surface area (Å²) < 4.78 is 39.6. The predicted octanol–water partition coefficient (Wildman–Crippen LogP) is 18.9. The molecule has 2 N–H and O–H groups in total. The van der Waals surface area contributed by atoms with Gasteiger partial charge in [0.15, 0.2) is 6.10 Å². The van der Waals surface area contributed by atoms with E-state index in [0.717, 1.165) is 109 Å². The van der Waals surface area contributed by atoms with Crippen molar-refractivity contribution < 1.29 is 52.2 Å².